The molecular formula is C13H15NO2. The number of allylic oxidation sites excluding steroid dienone is 2. The van der Waals surface area contributed by atoms with E-state index in [1.165, 1.54) is 12.7 Å². The lowest BCUT2D eigenvalue weighted by molar-refractivity contribution is 0.0601. The fraction of sp³-hybridized carbons (Fsp3) is 0.308. The van der Waals surface area contributed by atoms with Crippen LogP contribution in [-0.4, -0.2) is 13.1 Å². The third-order valence-corrected chi connectivity index (χ3v) is 2.86. The van der Waals surface area contributed by atoms with Crippen molar-refractivity contribution >= 4 is 17.2 Å². The van der Waals surface area contributed by atoms with Crippen LogP contribution in [0.2, 0.25) is 0 Å². The summed E-state index contributed by atoms with van der Waals surface area (Å²) in [5.74, 6) is -0.320. The predicted octanol–water partition coefficient (Wildman–Crippen LogP) is 2.62. The van der Waals surface area contributed by atoms with Crippen molar-refractivity contribution in [1.29, 1.82) is 0 Å². The summed E-state index contributed by atoms with van der Waals surface area (Å²) in [6.07, 6.45) is 5.48. The van der Waals surface area contributed by atoms with Gasteiger partial charge in [-0.3, -0.25) is 0 Å². The van der Waals surface area contributed by atoms with Crippen LogP contribution in [0, 0.1) is 0 Å². The van der Waals surface area contributed by atoms with Gasteiger partial charge in [-0.05, 0) is 43.0 Å². The van der Waals surface area contributed by atoms with Gasteiger partial charge < -0.3 is 10.5 Å². The lowest BCUT2D eigenvalue weighted by atomic mass is 10.0. The second kappa shape index (κ2) is 4.39. The Hall–Kier alpha value is -1.77. The Morgan fingerprint density at radius 3 is 2.88 bits per heavy atom. The highest BCUT2D eigenvalue weighted by Crippen LogP contribution is 2.31. The highest BCUT2D eigenvalue weighted by atomic mass is 16.5. The summed E-state index contributed by atoms with van der Waals surface area (Å²) >= 11 is 0. The Balaban J connectivity index is 2.40. The predicted molar refractivity (Wildman–Crippen MR) is 64.0 cm³/mol. The van der Waals surface area contributed by atoms with Crippen molar-refractivity contribution in [2.45, 2.75) is 19.3 Å². The Kier molecular flexibility index (Phi) is 2.95. The molecule has 0 bridgehead atoms. The third kappa shape index (κ3) is 1.94. The maximum absolute atomic E-state index is 11.4. The van der Waals surface area contributed by atoms with Gasteiger partial charge in [-0.1, -0.05) is 6.08 Å². The molecule has 0 saturated heterocycles. The summed E-state index contributed by atoms with van der Waals surface area (Å²) in [7, 11) is 1.38. The van der Waals surface area contributed by atoms with Crippen molar-refractivity contribution in [3.8, 4) is 0 Å². The van der Waals surface area contributed by atoms with Gasteiger partial charge in [0.05, 0.1) is 12.7 Å². The summed E-state index contributed by atoms with van der Waals surface area (Å²) in [6.45, 7) is 0. The van der Waals surface area contributed by atoms with Gasteiger partial charge in [0.2, 0.25) is 0 Å². The van der Waals surface area contributed by atoms with Crippen molar-refractivity contribution in [3.63, 3.8) is 0 Å². The first kappa shape index (κ1) is 10.7. The van der Waals surface area contributed by atoms with Crippen molar-refractivity contribution in [3.05, 3.63) is 35.4 Å². The van der Waals surface area contributed by atoms with Crippen LogP contribution >= 0.6 is 0 Å². The molecule has 3 heteroatoms. The van der Waals surface area contributed by atoms with E-state index in [1.807, 2.05) is 6.07 Å². The zero-order valence-electron chi connectivity index (χ0n) is 9.32. The summed E-state index contributed by atoms with van der Waals surface area (Å²) < 4.78 is 4.69. The Bertz CT molecular complexity index is 449. The van der Waals surface area contributed by atoms with Gasteiger partial charge >= 0.3 is 5.97 Å². The molecule has 0 unspecified atom stereocenters. The number of ether oxygens (including phenoxy) is 1. The highest BCUT2D eigenvalue weighted by Gasteiger charge is 2.13. The summed E-state index contributed by atoms with van der Waals surface area (Å²) in [4.78, 5) is 11.4. The van der Waals surface area contributed by atoms with E-state index in [0.29, 0.717) is 5.56 Å². The van der Waals surface area contributed by atoms with E-state index < -0.39 is 0 Å². The largest absolute Gasteiger partial charge is 0.465 e. The molecule has 0 spiro atoms. The van der Waals surface area contributed by atoms with Crippen molar-refractivity contribution in [2.24, 2.45) is 0 Å². The SMILES string of the molecule is COC(=O)c1ccc(N)c(C2=CCCC2)c1. The minimum Gasteiger partial charge on any atom is -0.465 e. The zero-order chi connectivity index (χ0) is 11.5. The van der Waals surface area contributed by atoms with Crippen molar-refractivity contribution < 1.29 is 9.53 Å². The zero-order valence-corrected chi connectivity index (χ0v) is 9.32. The molecule has 0 heterocycles. The van der Waals surface area contributed by atoms with Crippen LogP contribution in [0.25, 0.3) is 5.57 Å². The average Bonchev–Trinajstić information content (AvgIpc) is 2.82. The monoisotopic (exact) mass is 217 g/mol. The molecule has 1 aromatic rings. The molecule has 0 atom stereocenters. The molecular weight excluding hydrogens is 202 g/mol. The maximum Gasteiger partial charge on any atom is 0.337 e. The number of anilines is 1. The van der Waals surface area contributed by atoms with Gasteiger partial charge in [0, 0.05) is 11.3 Å². The van der Waals surface area contributed by atoms with E-state index in [1.54, 1.807) is 12.1 Å². The molecule has 0 fully saturated rings. The highest BCUT2D eigenvalue weighted by molar-refractivity contribution is 5.92. The Labute approximate surface area is 94.9 Å². The fourth-order valence-corrected chi connectivity index (χ4v) is 1.99. The van der Waals surface area contributed by atoms with E-state index in [9.17, 15) is 4.79 Å². The summed E-state index contributed by atoms with van der Waals surface area (Å²) in [6, 6.07) is 5.28. The number of hydrogen-bond donors (Lipinski definition) is 1. The number of esters is 1. The van der Waals surface area contributed by atoms with Crippen LogP contribution in [0.5, 0.6) is 0 Å². The van der Waals surface area contributed by atoms with Crippen molar-refractivity contribution in [1.82, 2.24) is 0 Å². The van der Waals surface area contributed by atoms with Gasteiger partial charge in [0.15, 0.2) is 0 Å². The molecule has 2 rings (SSSR count). The summed E-state index contributed by atoms with van der Waals surface area (Å²) in [5.41, 5.74) is 9.41. The first-order chi connectivity index (χ1) is 7.72. The van der Waals surface area contributed by atoms with Crippen LogP contribution in [0.1, 0.15) is 35.2 Å². The van der Waals surface area contributed by atoms with Gasteiger partial charge in [-0.15, -0.1) is 0 Å². The number of hydrogen-bond acceptors (Lipinski definition) is 3. The van der Waals surface area contributed by atoms with Crippen LogP contribution in [0.15, 0.2) is 24.3 Å². The number of nitrogens with two attached hydrogens (primary N) is 1. The first-order valence-corrected chi connectivity index (χ1v) is 5.39. The van der Waals surface area contributed by atoms with E-state index in [0.717, 1.165) is 30.5 Å². The van der Waals surface area contributed by atoms with Crippen LogP contribution in [0.3, 0.4) is 0 Å². The lowest BCUT2D eigenvalue weighted by Crippen LogP contribution is -2.03. The molecule has 1 aliphatic rings. The molecule has 0 aromatic heterocycles. The second-order valence-corrected chi connectivity index (χ2v) is 3.92. The fourth-order valence-electron chi connectivity index (χ4n) is 1.99. The quantitative estimate of drug-likeness (QED) is 0.612. The lowest BCUT2D eigenvalue weighted by Gasteiger charge is -2.08. The minimum atomic E-state index is -0.320. The normalized spacial score (nSPS) is 14.7. The Morgan fingerprint density at radius 2 is 2.25 bits per heavy atom. The number of methoxy groups -OCH3 is 1. The smallest absolute Gasteiger partial charge is 0.337 e. The average molecular weight is 217 g/mol. The van der Waals surface area contributed by atoms with Gasteiger partial charge in [0.1, 0.15) is 0 Å². The number of benzene rings is 1. The molecule has 0 amide bonds. The Morgan fingerprint density at radius 1 is 1.44 bits per heavy atom. The molecule has 0 aliphatic heterocycles. The number of rotatable bonds is 2. The topological polar surface area (TPSA) is 52.3 Å². The maximum atomic E-state index is 11.4. The number of carbonyl (C=O) groups is 1. The van der Waals surface area contributed by atoms with Crippen LogP contribution < -0.4 is 5.73 Å². The summed E-state index contributed by atoms with van der Waals surface area (Å²) in [5, 5.41) is 0. The molecule has 16 heavy (non-hydrogen) atoms. The van der Waals surface area contributed by atoms with Gasteiger partial charge in [0.25, 0.3) is 0 Å². The standard InChI is InChI=1S/C13H15NO2/c1-16-13(15)10-6-7-12(14)11(8-10)9-4-2-3-5-9/h4,6-8H,2-3,5,14H2,1H3. The second-order valence-electron chi connectivity index (χ2n) is 3.92. The van der Waals surface area contributed by atoms with Gasteiger partial charge in [-0.2, -0.15) is 0 Å². The van der Waals surface area contributed by atoms with Crippen molar-refractivity contribution in [2.75, 3.05) is 12.8 Å². The molecule has 3 nitrogen and oxygen atoms in total. The molecule has 0 radical (unpaired) electrons. The minimum absolute atomic E-state index is 0.320. The molecule has 1 aromatic carbocycles. The van der Waals surface area contributed by atoms with E-state index in [-0.39, 0.29) is 5.97 Å². The van der Waals surface area contributed by atoms with Gasteiger partial charge in [-0.25, -0.2) is 4.79 Å². The molecule has 0 saturated carbocycles. The first-order valence-electron chi connectivity index (χ1n) is 5.39. The molecule has 1 aliphatic carbocycles. The van der Waals surface area contributed by atoms with Crippen LogP contribution in [-0.2, 0) is 4.74 Å². The molecule has 2 N–H and O–H groups in total. The van der Waals surface area contributed by atoms with E-state index >= 15 is 0 Å². The van der Waals surface area contributed by atoms with E-state index in [4.69, 9.17) is 10.5 Å². The number of nitrogen functional groups attached to an aromatic ring is 1. The van der Waals surface area contributed by atoms with Crippen LogP contribution in [0.4, 0.5) is 5.69 Å². The molecule has 84 valence electrons. The third-order valence-electron chi connectivity index (χ3n) is 2.86. The van der Waals surface area contributed by atoms with E-state index in [2.05, 4.69) is 6.08 Å². The number of carbonyl (C=O) groups excluding carboxylic acids is 1.